The average Bonchev–Trinajstić information content (AvgIpc) is 3.05. The van der Waals surface area contributed by atoms with Gasteiger partial charge in [-0.2, -0.15) is 0 Å². The minimum absolute atomic E-state index is 0.0225. The van der Waals surface area contributed by atoms with E-state index in [2.05, 4.69) is 9.88 Å². The van der Waals surface area contributed by atoms with Crippen LogP contribution in [0.1, 0.15) is 22.5 Å². The number of hydrogen-bond donors (Lipinski definition) is 1. The number of rotatable bonds is 3. The first-order valence-corrected chi connectivity index (χ1v) is 7.54. The number of nitrogens with two attached hydrogens (primary N) is 1. The molecular formula is C15H22N4O2. The summed E-state index contributed by atoms with van der Waals surface area (Å²) in [7, 11) is 0. The van der Waals surface area contributed by atoms with Crippen LogP contribution >= 0.6 is 0 Å². The topological polar surface area (TPSA) is 71.7 Å². The predicted molar refractivity (Wildman–Crippen MR) is 78.8 cm³/mol. The van der Waals surface area contributed by atoms with Gasteiger partial charge in [-0.05, 0) is 18.1 Å². The van der Waals surface area contributed by atoms with Crippen LogP contribution in [0.15, 0.2) is 18.3 Å². The largest absolute Gasteiger partial charge is 0.379 e. The van der Waals surface area contributed by atoms with Gasteiger partial charge in [-0.1, -0.05) is 6.07 Å². The van der Waals surface area contributed by atoms with Gasteiger partial charge in [0.25, 0.3) is 5.91 Å². The lowest BCUT2D eigenvalue weighted by molar-refractivity contribution is 0.0185. The second-order valence-corrected chi connectivity index (χ2v) is 5.60. The van der Waals surface area contributed by atoms with E-state index < -0.39 is 0 Å². The number of pyridine rings is 1. The quantitative estimate of drug-likeness (QED) is 0.854. The number of carbonyl (C=O) groups is 1. The van der Waals surface area contributed by atoms with Crippen molar-refractivity contribution in [1.29, 1.82) is 0 Å². The molecule has 1 atom stereocenters. The Bertz CT molecular complexity index is 485. The summed E-state index contributed by atoms with van der Waals surface area (Å²) in [6, 6.07) is 4.10. The van der Waals surface area contributed by atoms with Crippen LogP contribution in [0.3, 0.4) is 0 Å². The molecule has 0 aliphatic carbocycles. The molecule has 0 bridgehead atoms. The van der Waals surface area contributed by atoms with Gasteiger partial charge in [0.1, 0.15) is 5.69 Å². The minimum atomic E-state index is 0.0225. The van der Waals surface area contributed by atoms with E-state index in [1.165, 1.54) is 0 Å². The summed E-state index contributed by atoms with van der Waals surface area (Å²) in [6.07, 6.45) is 2.72. The highest BCUT2D eigenvalue weighted by Crippen LogP contribution is 2.18. The fraction of sp³-hybridized carbons (Fsp3) is 0.600. The van der Waals surface area contributed by atoms with Gasteiger partial charge in [0.05, 0.1) is 13.2 Å². The van der Waals surface area contributed by atoms with Crippen molar-refractivity contribution < 1.29 is 9.53 Å². The monoisotopic (exact) mass is 290 g/mol. The highest BCUT2D eigenvalue weighted by atomic mass is 16.5. The van der Waals surface area contributed by atoms with E-state index in [1.54, 1.807) is 12.3 Å². The Morgan fingerprint density at radius 3 is 2.81 bits per heavy atom. The van der Waals surface area contributed by atoms with Crippen LogP contribution in [0.25, 0.3) is 0 Å². The van der Waals surface area contributed by atoms with Crippen molar-refractivity contribution in [1.82, 2.24) is 14.8 Å². The van der Waals surface area contributed by atoms with Crippen molar-refractivity contribution in [2.45, 2.75) is 19.0 Å². The molecule has 1 amide bonds. The molecule has 2 saturated heterocycles. The Labute approximate surface area is 124 Å². The molecule has 0 spiro atoms. The van der Waals surface area contributed by atoms with Gasteiger partial charge < -0.3 is 15.4 Å². The number of ether oxygens (including phenoxy) is 1. The van der Waals surface area contributed by atoms with Gasteiger partial charge >= 0.3 is 0 Å². The summed E-state index contributed by atoms with van der Waals surface area (Å²) in [5.41, 5.74) is 7.00. The Hall–Kier alpha value is -1.50. The number of amides is 1. The molecule has 21 heavy (non-hydrogen) atoms. The molecule has 1 aromatic rings. The van der Waals surface area contributed by atoms with Crippen LogP contribution in [0.2, 0.25) is 0 Å². The maximum atomic E-state index is 12.5. The number of aromatic nitrogens is 1. The van der Waals surface area contributed by atoms with Crippen molar-refractivity contribution in [3.8, 4) is 0 Å². The zero-order valence-electron chi connectivity index (χ0n) is 12.2. The molecule has 2 aliphatic heterocycles. The summed E-state index contributed by atoms with van der Waals surface area (Å²) < 4.78 is 5.38. The SMILES string of the molecule is NCc1ccc(C(=O)N2CCC(N3CCOCC3)C2)nc1. The Balaban J connectivity index is 1.60. The lowest BCUT2D eigenvalue weighted by Crippen LogP contribution is -2.45. The fourth-order valence-corrected chi connectivity index (χ4v) is 3.00. The predicted octanol–water partition coefficient (Wildman–Crippen LogP) is 0.0870. The van der Waals surface area contributed by atoms with Crippen molar-refractivity contribution in [3.63, 3.8) is 0 Å². The third kappa shape index (κ3) is 3.23. The van der Waals surface area contributed by atoms with E-state index in [0.29, 0.717) is 18.3 Å². The number of carbonyl (C=O) groups excluding carboxylic acids is 1. The molecule has 1 aromatic heterocycles. The van der Waals surface area contributed by atoms with Gasteiger partial charge in [-0.3, -0.25) is 14.7 Å². The summed E-state index contributed by atoms with van der Waals surface area (Å²) in [6.45, 7) is 5.58. The van der Waals surface area contributed by atoms with Crippen LogP contribution in [0.5, 0.6) is 0 Å². The zero-order valence-corrected chi connectivity index (χ0v) is 12.2. The Morgan fingerprint density at radius 2 is 2.14 bits per heavy atom. The number of morpholine rings is 1. The molecule has 2 N–H and O–H groups in total. The molecule has 6 nitrogen and oxygen atoms in total. The van der Waals surface area contributed by atoms with E-state index in [1.807, 2.05) is 11.0 Å². The first kappa shape index (κ1) is 14.4. The molecule has 3 rings (SSSR count). The third-order valence-electron chi connectivity index (χ3n) is 4.29. The lowest BCUT2D eigenvalue weighted by atomic mass is 10.2. The average molecular weight is 290 g/mol. The molecule has 0 radical (unpaired) electrons. The van der Waals surface area contributed by atoms with Gasteiger partial charge in [-0.25, -0.2) is 0 Å². The van der Waals surface area contributed by atoms with Gasteiger partial charge in [-0.15, -0.1) is 0 Å². The van der Waals surface area contributed by atoms with Gasteiger partial charge in [0.15, 0.2) is 0 Å². The van der Waals surface area contributed by atoms with Crippen molar-refractivity contribution in [3.05, 3.63) is 29.6 Å². The third-order valence-corrected chi connectivity index (χ3v) is 4.29. The van der Waals surface area contributed by atoms with Crippen LogP contribution in [-0.4, -0.2) is 66.1 Å². The maximum absolute atomic E-state index is 12.5. The van der Waals surface area contributed by atoms with Gasteiger partial charge in [0, 0.05) is 45.0 Å². The molecule has 2 fully saturated rings. The number of likely N-dealkylation sites (tertiary alicyclic amines) is 1. The summed E-state index contributed by atoms with van der Waals surface area (Å²) in [5.74, 6) is 0.0225. The van der Waals surface area contributed by atoms with Crippen molar-refractivity contribution >= 4 is 5.91 Å². The second kappa shape index (κ2) is 6.51. The second-order valence-electron chi connectivity index (χ2n) is 5.60. The lowest BCUT2D eigenvalue weighted by Gasteiger charge is -2.32. The van der Waals surface area contributed by atoms with E-state index in [0.717, 1.165) is 51.4 Å². The molecule has 0 saturated carbocycles. The molecule has 6 heteroatoms. The first-order chi connectivity index (χ1) is 10.3. The van der Waals surface area contributed by atoms with E-state index in [4.69, 9.17) is 10.5 Å². The van der Waals surface area contributed by atoms with Crippen LogP contribution in [0.4, 0.5) is 0 Å². The van der Waals surface area contributed by atoms with Crippen LogP contribution < -0.4 is 5.73 Å². The van der Waals surface area contributed by atoms with Crippen molar-refractivity contribution in [2.75, 3.05) is 39.4 Å². The fourth-order valence-electron chi connectivity index (χ4n) is 3.00. The standard InChI is InChI=1S/C15H22N4O2/c16-9-12-1-2-14(17-10-12)15(20)19-4-3-13(11-19)18-5-7-21-8-6-18/h1-2,10,13H,3-9,11,16H2. The van der Waals surface area contributed by atoms with Crippen LogP contribution in [0, 0.1) is 0 Å². The summed E-state index contributed by atoms with van der Waals surface area (Å²) in [4.78, 5) is 21.0. The smallest absolute Gasteiger partial charge is 0.272 e. The molecular weight excluding hydrogens is 268 g/mol. The molecule has 3 heterocycles. The van der Waals surface area contributed by atoms with E-state index in [9.17, 15) is 4.79 Å². The highest BCUT2D eigenvalue weighted by Gasteiger charge is 2.31. The first-order valence-electron chi connectivity index (χ1n) is 7.54. The highest BCUT2D eigenvalue weighted by molar-refractivity contribution is 5.92. The molecule has 114 valence electrons. The summed E-state index contributed by atoms with van der Waals surface area (Å²) in [5, 5.41) is 0. The van der Waals surface area contributed by atoms with E-state index >= 15 is 0 Å². The molecule has 2 aliphatic rings. The molecule has 0 aromatic carbocycles. The minimum Gasteiger partial charge on any atom is -0.379 e. The van der Waals surface area contributed by atoms with Gasteiger partial charge in [0.2, 0.25) is 0 Å². The van der Waals surface area contributed by atoms with E-state index in [-0.39, 0.29) is 5.91 Å². The Kier molecular flexibility index (Phi) is 4.48. The maximum Gasteiger partial charge on any atom is 0.272 e. The normalized spacial score (nSPS) is 23.5. The Morgan fingerprint density at radius 1 is 1.33 bits per heavy atom. The number of nitrogens with zero attached hydrogens (tertiary/aromatic N) is 3. The van der Waals surface area contributed by atoms with Crippen LogP contribution in [-0.2, 0) is 11.3 Å². The number of hydrogen-bond acceptors (Lipinski definition) is 5. The molecule has 1 unspecified atom stereocenters. The summed E-state index contributed by atoms with van der Waals surface area (Å²) >= 11 is 0. The zero-order chi connectivity index (χ0) is 14.7. The van der Waals surface area contributed by atoms with Crippen molar-refractivity contribution in [2.24, 2.45) is 5.73 Å².